The highest BCUT2D eigenvalue weighted by Gasteiger charge is 2.19. The van der Waals surface area contributed by atoms with Gasteiger partial charge in [0.2, 0.25) is 5.91 Å². The minimum atomic E-state index is -1.49. The van der Waals surface area contributed by atoms with Gasteiger partial charge in [-0.1, -0.05) is 12.1 Å². The van der Waals surface area contributed by atoms with E-state index in [1.165, 1.54) is 24.3 Å². The molecule has 6 nitrogen and oxygen atoms in total. The molecule has 0 saturated heterocycles. The summed E-state index contributed by atoms with van der Waals surface area (Å²) in [7, 11) is 0. The SMILES string of the molecule is NC(Cc1ccc(F)cc1)C(=O)N[C@@H](N)C(=O)O. The summed E-state index contributed by atoms with van der Waals surface area (Å²) >= 11 is 0. The molecule has 1 aromatic carbocycles. The summed E-state index contributed by atoms with van der Waals surface area (Å²) in [5, 5.41) is 10.6. The van der Waals surface area contributed by atoms with E-state index in [0.717, 1.165) is 0 Å². The van der Waals surface area contributed by atoms with Crippen LogP contribution in [-0.2, 0) is 16.0 Å². The first-order chi connectivity index (χ1) is 8.40. The lowest BCUT2D eigenvalue weighted by Gasteiger charge is -2.14. The van der Waals surface area contributed by atoms with Gasteiger partial charge in [0.15, 0.2) is 6.17 Å². The van der Waals surface area contributed by atoms with E-state index >= 15 is 0 Å². The largest absolute Gasteiger partial charge is 0.479 e. The van der Waals surface area contributed by atoms with Gasteiger partial charge < -0.3 is 21.9 Å². The van der Waals surface area contributed by atoms with Gasteiger partial charge in [-0.05, 0) is 24.1 Å². The highest BCUT2D eigenvalue weighted by Crippen LogP contribution is 2.05. The summed E-state index contributed by atoms with van der Waals surface area (Å²) in [5.74, 6) is -2.41. The van der Waals surface area contributed by atoms with E-state index in [9.17, 15) is 14.0 Å². The molecular weight excluding hydrogens is 241 g/mol. The lowest BCUT2D eigenvalue weighted by Crippen LogP contribution is -2.53. The summed E-state index contributed by atoms with van der Waals surface area (Å²) in [5.41, 5.74) is 11.4. The van der Waals surface area contributed by atoms with Gasteiger partial charge in [-0.15, -0.1) is 0 Å². The minimum absolute atomic E-state index is 0.165. The smallest absolute Gasteiger partial charge is 0.341 e. The Morgan fingerprint density at radius 1 is 1.28 bits per heavy atom. The molecule has 0 heterocycles. The number of carboxylic acid groups (broad SMARTS) is 1. The van der Waals surface area contributed by atoms with Gasteiger partial charge >= 0.3 is 5.97 Å². The maximum Gasteiger partial charge on any atom is 0.341 e. The maximum atomic E-state index is 12.7. The van der Waals surface area contributed by atoms with Crippen LogP contribution in [0.25, 0.3) is 0 Å². The zero-order valence-corrected chi connectivity index (χ0v) is 9.47. The van der Waals surface area contributed by atoms with Gasteiger partial charge in [-0.2, -0.15) is 0 Å². The Kier molecular flexibility index (Phi) is 4.75. The lowest BCUT2D eigenvalue weighted by molar-refractivity contribution is -0.141. The number of carbonyl (C=O) groups is 2. The monoisotopic (exact) mass is 255 g/mol. The van der Waals surface area contributed by atoms with Gasteiger partial charge in [0.25, 0.3) is 0 Å². The van der Waals surface area contributed by atoms with E-state index < -0.39 is 24.1 Å². The van der Waals surface area contributed by atoms with Gasteiger partial charge in [0.05, 0.1) is 6.04 Å². The number of carbonyl (C=O) groups excluding carboxylic acids is 1. The number of benzene rings is 1. The second-order valence-electron chi connectivity index (χ2n) is 3.76. The molecule has 0 aliphatic rings. The van der Waals surface area contributed by atoms with Crippen LogP contribution in [0.3, 0.4) is 0 Å². The fraction of sp³-hybridized carbons (Fsp3) is 0.273. The Morgan fingerprint density at radius 3 is 2.33 bits per heavy atom. The molecule has 2 atom stereocenters. The van der Waals surface area contributed by atoms with Crippen molar-refractivity contribution < 1.29 is 19.1 Å². The van der Waals surface area contributed by atoms with Crippen molar-refractivity contribution in [3.63, 3.8) is 0 Å². The fourth-order valence-electron chi connectivity index (χ4n) is 1.29. The highest BCUT2D eigenvalue weighted by atomic mass is 19.1. The number of carboxylic acids is 1. The minimum Gasteiger partial charge on any atom is -0.479 e. The third-order valence-corrected chi connectivity index (χ3v) is 2.27. The van der Waals surface area contributed by atoms with Crippen LogP contribution in [0.15, 0.2) is 24.3 Å². The van der Waals surface area contributed by atoms with Gasteiger partial charge in [0, 0.05) is 0 Å². The number of nitrogens with two attached hydrogens (primary N) is 2. The van der Waals surface area contributed by atoms with Crippen molar-refractivity contribution in [2.45, 2.75) is 18.6 Å². The molecule has 0 bridgehead atoms. The molecule has 0 spiro atoms. The van der Waals surface area contributed by atoms with Crippen molar-refractivity contribution >= 4 is 11.9 Å². The van der Waals surface area contributed by atoms with E-state index in [0.29, 0.717) is 5.56 Å². The predicted molar refractivity (Wildman–Crippen MR) is 61.8 cm³/mol. The zero-order valence-electron chi connectivity index (χ0n) is 9.47. The van der Waals surface area contributed by atoms with Crippen LogP contribution >= 0.6 is 0 Å². The zero-order chi connectivity index (χ0) is 13.7. The van der Waals surface area contributed by atoms with E-state index in [-0.39, 0.29) is 12.2 Å². The van der Waals surface area contributed by atoms with E-state index in [4.69, 9.17) is 16.6 Å². The molecule has 6 N–H and O–H groups in total. The van der Waals surface area contributed by atoms with Crippen molar-refractivity contribution in [3.8, 4) is 0 Å². The highest BCUT2D eigenvalue weighted by molar-refractivity contribution is 5.86. The van der Waals surface area contributed by atoms with Crippen LogP contribution in [0.2, 0.25) is 0 Å². The first kappa shape index (κ1) is 14.1. The average molecular weight is 255 g/mol. The molecule has 0 saturated carbocycles. The molecule has 0 fully saturated rings. The van der Waals surface area contributed by atoms with Crippen molar-refractivity contribution in [1.82, 2.24) is 5.32 Å². The second-order valence-corrected chi connectivity index (χ2v) is 3.76. The molecule has 1 unspecified atom stereocenters. The number of amides is 1. The average Bonchev–Trinajstić information content (AvgIpc) is 2.31. The molecule has 1 rings (SSSR count). The molecule has 0 aliphatic heterocycles. The summed E-state index contributed by atoms with van der Waals surface area (Å²) < 4.78 is 12.7. The Labute approximate surface area is 103 Å². The van der Waals surface area contributed by atoms with Crippen LogP contribution in [0.4, 0.5) is 4.39 Å². The van der Waals surface area contributed by atoms with Crippen molar-refractivity contribution in [1.29, 1.82) is 0 Å². The van der Waals surface area contributed by atoms with Gasteiger partial charge in [0.1, 0.15) is 5.82 Å². The number of nitrogens with one attached hydrogen (secondary N) is 1. The summed E-state index contributed by atoms with van der Waals surface area (Å²) in [4.78, 5) is 21.9. The Hall–Kier alpha value is -1.99. The quantitative estimate of drug-likeness (QED) is 0.513. The van der Waals surface area contributed by atoms with Crippen LogP contribution in [0, 0.1) is 5.82 Å². The molecule has 98 valence electrons. The second kappa shape index (κ2) is 6.08. The number of aliphatic carboxylic acids is 1. The molecule has 1 aromatic rings. The van der Waals surface area contributed by atoms with E-state index in [1.807, 2.05) is 0 Å². The summed E-state index contributed by atoms with van der Waals surface area (Å²) in [6, 6.07) is 4.56. The van der Waals surface area contributed by atoms with E-state index in [2.05, 4.69) is 5.32 Å². The first-order valence-corrected chi connectivity index (χ1v) is 5.19. The van der Waals surface area contributed by atoms with Gasteiger partial charge in [-0.25, -0.2) is 9.18 Å². The van der Waals surface area contributed by atoms with Crippen LogP contribution < -0.4 is 16.8 Å². The van der Waals surface area contributed by atoms with Crippen LogP contribution in [0.1, 0.15) is 5.56 Å². The molecular formula is C11H14FN3O3. The number of halogens is 1. The van der Waals surface area contributed by atoms with Crippen LogP contribution in [0.5, 0.6) is 0 Å². The Bertz CT molecular complexity index is 436. The number of hydrogen-bond donors (Lipinski definition) is 4. The Balaban J connectivity index is 2.54. The third-order valence-electron chi connectivity index (χ3n) is 2.27. The fourth-order valence-corrected chi connectivity index (χ4v) is 1.29. The number of rotatable bonds is 5. The van der Waals surface area contributed by atoms with E-state index in [1.54, 1.807) is 0 Å². The normalized spacial score (nSPS) is 13.7. The molecule has 7 heteroatoms. The van der Waals surface area contributed by atoms with Crippen molar-refractivity contribution in [3.05, 3.63) is 35.6 Å². The van der Waals surface area contributed by atoms with Crippen molar-refractivity contribution in [2.75, 3.05) is 0 Å². The summed E-state index contributed by atoms with van der Waals surface area (Å²) in [6.07, 6.45) is -1.32. The molecule has 0 radical (unpaired) electrons. The summed E-state index contributed by atoms with van der Waals surface area (Å²) in [6.45, 7) is 0. The lowest BCUT2D eigenvalue weighted by atomic mass is 10.1. The molecule has 1 amide bonds. The molecule has 0 aromatic heterocycles. The molecule has 0 aliphatic carbocycles. The predicted octanol–water partition coefficient (Wildman–Crippen LogP) is -0.819. The van der Waals surface area contributed by atoms with Gasteiger partial charge in [-0.3, -0.25) is 4.79 Å². The molecule has 18 heavy (non-hydrogen) atoms. The maximum absolute atomic E-state index is 12.7. The topological polar surface area (TPSA) is 118 Å². The first-order valence-electron chi connectivity index (χ1n) is 5.19. The third kappa shape index (κ3) is 4.11. The standard InChI is InChI=1S/C11H14FN3O3/c12-7-3-1-6(2-4-7)5-8(13)10(16)15-9(14)11(17)18/h1-4,8-9H,5,13-14H2,(H,15,16)(H,17,18)/t8?,9-/m1/s1. The van der Waals surface area contributed by atoms with Crippen LogP contribution in [-0.4, -0.2) is 29.2 Å². The Morgan fingerprint density at radius 2 is 1.83 bits per heavy atom. The number of hydrogen-bond acceptors (Lipinski definition) is 4. The van der Waals surface area contributed by atoms with Crippen molar-refractivity contribution in [2.24, 2.45) is 11.5 Å².